The van der Waals surface area contributed by atoms with E-state index in [2.05, 4.69) is 4.99 Å². The van der Waals surface area contributed by atoms with Crippen LogP contribution >= 0.6 is 34.7 Å². The van der Waals surface area contributed by atoms with Gasteiger partial charge in [-0.25, -0.2) is 8.42 Å². The molecule has 2 aliphatic heterocycles. The van der Waals surface area contributed by atoms with E-state index in [1.54, 1.807) is 12.1 Å². The molecule has 0 saturated carbocycles. The van der Waals surface area contributed by atoms with E-state index in [-0.39, 0.29) is 35.1 Å². The number of carbonyl (C=O) groups is 1. The first-order valence-corrected chi connectivity index (χ1v) is 11.9. The molecule has 0 aliphatic carbocycles. The van der Waals surface area contributed by atoms with Gasteiger partial charge in [-0.05, 0) is 35.7 Å². The molecule has 2 saturated heterocycles. The van der Waals surface area contributed by atoms with E-state index in [0.29, 0.717) is 10.2 Å². The summed E-state index contributed by atoms with van der Waals surface area (Å²) >= 11 is 8.87. The Kier molecular flexibility index (Phi) is 4.85. The zero-order valence-corrected chi connectivity index (χ0v) is 16.7. The van der Waals surface area contributed by atoms with Crippen LogP contribution in [0.5, 0.6) is 0 Å². The van der Waals surface area contributed by atoms with Crippen molar-refractivity contribution in [2.24, 2.45) is 4.99 Å². The molecule has 3 heterocycles. The van der Waals surface area contributed by atoms with Crippen molar-refractivity contribution in [1.29, 1.82) is 0 Å². The number of hydrogen-bond donors (Lipinski definition) is 0. The number of sulfone groups is 1. The minimum absolute atomic E-state index is 0.0748. The van der Waals surface area contributed by atoms with Gasteiger partial charge < -0.3 is 4.90 Å². The number of aliphatic imine (C=N–C) groups is 1. The van der Waals surface area contributed by atoms with Crippen LogP contribution in [0.25, 0.3) is 0 Å². The molecule has 2 fully saturated rings. The summed E-state index contributed by atoms with van der Waals surface area (Å²) in [5, 5.41) is 2.99. The SMILES string of the molecule is O=C(Cc1cccs1)N=C1S[C@@H]2CS(=O)(=O)C[C@@H]2N1c1ccc(Cl)cc1. The number of thioether (sulfide) groups is 1. The van der Waals surface area contributed by atoms with Crippen LogP contribution in [0.3, 0.4) is 0 Å². The maximum Gasteiger partial charge on any atom is 0.253 e. The number of halogens is 1. The van der Waals surface area contributed by atoms with E-state index in [0.717, 1.165) is 10.6 Å². The van der Waals surface area contributed by atoms with Crippen molar-refractivity contribution in [2.75, 3.05) is 16.4 Å². The highest BCUT2D eigenvalue weighted by Gasteiger charge is 2.49. The van der Waals surface area contributed by atoms with E-state index in [1.165, 1.54) is 23.1 Å². The molecular weight excluding hydrogens is 412 g/mol. The van der Waals surface area contributed by atoms with Gasteiger partial charge in [-0.3, -0.25) is 4.79 Å². The van der Waals surface area contributed by atoms with Crippen LogP contribution < -0.4 is 4.90 Å². The monoisotopic (exact) mass is 426 g/mol. The summed E-state index contributed by atoms with van der Waals surface area (Å²) in [6.45, 7) is 0. The molecule has 2 aliphatic rings. The maximum absolute atomic E-state index is 12.4. The molecule has 0 spiro atoms. The van der Waals surface area contributed by atoms with Crippen molar-refractivity contribution in [3.63, 3.8) is 0 Å². The molecule has 1 amide bonds. The number of amidine groups is 1. The molecule has 0 unspecified atom stereocenters. The molecule has 2 atom stereocenters. The van der Waals surface area contributed by atoms with E-state index < -0.39 is 9.84 Å². The van der Waals surface area contributed by atoms with Crippen molar-refractivity contribution < 1.29 is 13.2 Å². The Balaban J connectivity index is 1.65. The second-order valence-corrected chi connectivity index (χ2v) is 11.0. The number of fused-ring (bicyclic) bond motifs is 1. The van der Waals surface area contributed by atoms with Gasteiger partial charge >= 0.3 is 0 Å². The molecule has 26 heavy (non-hydrogen) atoms. The van der Waals surface area contributed by atoms with Gasteiger partial charge in [0.2, 0.25) is 0 Å². The molecule has 136 valence electrons. The lowest BCUT2D eigenvalue weighted by Crippen LogP contribution is -2.37. The van der Waals surface area contributed by atoms with Gasteiger partial charge in [-0.1, -0.05) is 29.4 Å². The summed E-state index contributed by atoms with van der Waals surface area (Å²) in [6.07, 6.45) is 0.254. The fourth-order valence-electron chi connectivity index (χ4n) is 3.18. The minimum Gasteiger partial charge on any atom is -0.316 e. The second kappa shape index (κ2) is 6.99. The Labute approximate surface area is 165 Å². The first kappa shape index (κ1) is 18.0. The van der Waals surface area contributed by atoms with Gasteiger partial charge in [0, 0.05) is 20.8 Å². The van der Waals surface area contributed by atoms with E-state index in [4.69, 9.17) is 11.6 Å². The van der Waals surface area contributed by atoms with Gasteiger partial charge in [0.05, 0.1) is 24.0 Å². The first-order valence-electron chi connectivity index (χ1n) is 7.97. The number of amides is 1. The minimum atomic E-state index is -3.07. The Morgan fingerprint density at radius 3 is 2.69 bits per heavy atom. The van der Waals surface area contributed by atoms with Gasteiger partial charge in [-0.2, -0.15) is 4.99 Å². The van der Waals surface area contributed by atoms with Crippen molar-refractivity contribution >= 4 is 61.3 Å². The summed E-state index contributed by atoms with van der Waals surface area (Å²) in [5.41, 5.74) is 0.800. The van der Waals surface area contributed by atoms with E-state index in [9.17, 15) is 13.2 Å². The number of benzene rings is 1. The van der Waals surface area contributed by atoms with Crippen LogP contribution in [-0.2, 0) is 21.1 Å². The maximum atomic E-state index is 12.4. The van der Waals surface area contributed by atoms with Gasteiger partial charge in [0.25, 0.3) is 5.91 Å². The summed E-state index contributed by atoms with van der Waals surface area (Å²) in [6, 6.07) is 10.8. The lowest BCUT2D eigenvalue weighted by atomic mass is 10.2. The summed E-state index contributed by atoms with van der Waals surface area (Å²) in [5.74, 6) is -0.0348. The number of rotatable bonds is 3. The molecule has 0 N–H and O–H groups in total. The quantitative estimate of drug-likeness (QED) is 0.753. The van der Waals surface area contributed by atoms with E-state index >= 15 is 0 Å². The third kappa shape index (κ3) is 3.69. The predicted molar refractivity (Wildman–Crippen MR) is 108 cm³/mol. The highest BCUT2D eigenvalue weighted by Crippen LogP contribution is 2.41. The molecule has 4 rings (SSSR count). The largest absolute Gasteiger partial charge is 0.316 e. The van der Waals surface area contributed by atoms with Crippen LogP contribution in [0.4, 0.5) is 5.69 Å². The van der Waals surface area contributed by atoms with Crippen LogP contribution in [0.2, 0.25) is 5.02 Å². The van der Waals surface area contributed by atoms with Crippen molar-refractivity contribution in [1.82, 2.24) is 0 Å². The Morgan fingerprint density at radius 2 is 2.00 bits per heavy atom. The summed E-state index contributed by atoms with van der Waals surface area (Å²) in [7, 11) is -3.07. The third-order valence-corrected chi connectivity index (χ3v) is 8.64. The Morgan fingerprint density at radius 1 is 1.23 bits per heavy atom. The van der Waals surface area contributed by atoms with Crippen molar-refractivity contribution in [2.45, 2.75) is 17.7 Å². The molecular formula is C17H15ClN2O3S3. The average molecular weight is 427 g/mol. The van der Waals surface area contributed by atoms with Gasteiger partial charge in [0.15, 0.2) is 15.0 Å². The molecule has 1 aromatic heterocycles. The summed E-state index contributed by atoms with van der Waals surface area (Å²) in [4.78, 5) is 19.5. The van der Waals surface area contributed by atoms with E-state index in [1.807, 2.05) is 34.5 Å². The highest BCUT2D eigenvalue weighted by molar-refractivity contribution is 8.16. The molecule has 1 aromatic carbocycles. The smallest absolute Gasteiger partial charge is 0.253 e. The number of hydrogen-bond acceptors (Lipinski definition) is 5. The summed E-state index contributed by atoms with van der Waals surface area (Å²) < 4.78 is 24.1. The van der Waals surface area contributed by atoms with Gasteiger partial charge in [0.1, 0.15) is 0 Å². The lowest BCUT2D eigenvalue weighted by molar-refractivity contribution is -0.117. The fraction of sp³-hybridized carbons (Fsp3) is 0.294. The van der Waals surface area contributed by atoms with Crippen LogP contribution in [0.15, 0.2) is 46.8 Å². The number of nitrogens with zero attached hydrogens (tertiary/aromatic N) is 2. The molecule has 2 aromatic rings. The predicted octanol–water partition coefficient (Wildman–Crippen LogP) is 3.25. The van der Waals surface area contributed by atoms with Crippen LogP contribution in [0.1, 0.15) is 4.88 Å². The first-order chi connectivity index (χ1) is 12.4. The third-order valence-electron chi connectivity index (χ3n) is 4.30. The molecule has 0 bridgehead atoms. The zero-order chi connectivity index (χ0) is 18.3. The number of thiophene rings is 1. The van der Waals surface area contributed by atoms with Crippen LogP contribution in [0, 0.1) is 0 Å². The molecule has 9 heteroatoms. The van der Waals surface area contributed by atoms with Crippen molar-refractivity contribution in [3.05, 3.63) is 51.7 Å². The fourth-order valence-corrected chi connectivity index (χ4v) is 7.93. The Bertz CT molecular complexity index is 956. The van der Waals surface area contributed by atoms with Crippen molar-refractivity contribution in [3.8, 4) is 0 Å². The standard InChI is InChI=1S/C17H15ClN2O3S3/c18-11-3-5-12(6-4-11)20-14-9-26(22,23)10-15(14)25-17(20)19-16(21)8-13-2-1-7-24-13/h1-7,14-15H,8-10H2/t14-,15+/m0/s1. The zero-order valence-electron chi connectivity index (χ0n) is 13.5. The second-order valence-electron chi connectivity index (χ2n) is 6.19. The Hall–Kier alpha value is -1.35. The molecule has 5 nitrogen and oxygen atoms in total. The van der Waals surface area contributed by atoms with Crippen LogP contribution in [-0.4, -0.2) is 42.3 Å². The average Bonchev–Trinajstić information content (AvgIpc) is 3.23. The number of anilines is 1. The topological polar surface area (TPSA) is 66.8 Å². The lowest BCUT2D eigenvalue weighted by Gasteiger charge is -2.24. The molecule has 0 radical (unpaired) electrons. The normalized spacial score (nSPS) is 25.6. The van der Waals surface area contributed by atoms with Gasteiger partial charge in [-0.15, -0.1) is 11.3 Å². The number of carbonyl (C=O) groups excluding carboxylic acids is 1. The highest BCUT2D eigenvalue weighted by atomic mass is 35.5.